The van der Waals surface area contributed by atoms with Gasteiger partial charge < -0.3 is 29.1 Å². The molecule has 1 aromatic heterocycles. The molecule has 1 aromatic rings. The summed E-state index contributed by atoms with van der Waals surface area (Å²) in [4.78, 5) is 41.3. The van der Waals surface area contributed by atoms with Crippen molar-refractivity contribution in [3.63, 3.8) is 0 Å². The van der Waals surface area contributed by atoms with E-state index in [4.69, 9.17) is 18.9 Å². The fourth-order valence-corrected chi connectivity index (χ4v) is 4.91. The molecule has 11 heteroatoms. The van der Waals surface area contributed by atoms with Gasteiger partial charge >= 0.3 is 11.9 Å². The molecule has 0 fully saturated rings. The molecule has 0 aliphatic carbocycles. The van der Waals surface area contributed by atoms with Gasteiger partial charge in [0.2, 0.25) is 0 Å². The van der Waals surface area contributed by atoms with Crippen molar-refractivity contribution >= 4 is 50.6 Å². The van der Waals surface area contributed by atoms with Gasteiger partial charge in [-0.25, -0.2) is 9.78 Å². The number of rotatable bonds is 20. The predicted molar refractivity (Wildman–Crippen MR) is 153 cm³/mol. The number of halogens is 1. The van der Waals surface area contributed by atoms with Crippen LogP contribution in [0, 0.1) is 0 Å². The number of hydrogen-bond acceptors (Lipinski definition) is 10. The van der Waals surface area contributed by atoms with Crippen molar-refractivity contribution in [2.75, 3.05) is 30.4 Å². The molecule has 0 radical (unpaired) electrons. The number of nitrogens with zero attached hydrogens (tertiary/aromatic N) is 1. The van der Waals surface area contributed by atoms with Gasteiger partial charge in [-0.1, -0.05) is 55.5 Å². The van der Waals surface area contributed by atoms with Crippen LogP contribution in [0.25, 0.3) is 0 Å². The van der Waals surface area contributed by atoms with Crippen molar-refractivity contribution in [2.45, 2.75) is 110 Å². The Balaban J connectivity index is 2.97. The number of anilines is 1. The van der Waals surface area contributed by atoms with Crippen LogP contribution in [-0.4, -0.2) is 72.2 Å². The molecular weight excluding hydrogens is 576 g/mol. The van der Waals surface area contributed by atoms with Crippen LogP contribution in [-0.2, 0) is 35.0 Å². The van der Waals surface area contributed by atoms with Crippen molar-refractivity contribution in [2.24, 2.45) is 0 Å². The van der Waals surface area contributed by atoms with E-state index in [2.05, 4.69) is 40.1 Å². The van der Waals surface area contributed by atoms with E-state index >= 15 is 0 Å². The van der Waals surface area contributed by atoms with E-state index in [0.29, 0.717) is 34.8 Å². The second-order valence-corrected chi connectivity index (χ2v) is 11.7. The lowest BCUT2D eigenvalue weighted by molar-refractivity contribution is -0.152. The summed E-state index contributed by atoms with van der Waals surface area (Å²) in [6.45, 7) is 11.8. The third-order valence-corrected chi connectivity index (χ3v) is 7.07. The highest BCUT2D eigenvalue weighted by molar-refractivity contribution is 9.09. The topological polar surface area (TPSA) is 113 Å². The van der Waals surface area contributed by atoms with Crippen LogP contribution in [0.15, 0.2) is 0 Å². The van der Waals surface area contributed by atoms with Gasteiger partial charge in [0.15, 0.2) is 10.8 Å². The minimum Gasteiger partial charge on any atom is -0.461 e. The highest BCUT2D eigenvalue weighted by atomic mass is 79.9. The maximum atomic E-state index is 12.6. The maximum absolute atomic E-state index is 12.6. The summed E-state index contributed by atoms with van der Waals surface area (Å²) in [5, 5.41) is 3.92. The lowest BCUT2D eigenvalue weighted by atomic mass is 10.1. The Hall–Kier alpha value is -1.56. The second kappa shape index (κ2) is 18.7. The number of hydrogen-bond donors (Lipinski definition) is 1. The molecule has 38 heavy (non-hydrogen) atoms. The van der Waals surface area contributed by atoms with Gasteiger partial charge in [-0.2, -0.15) is 0 Å². The normalized spacial score (nSPS) is 14.0. The Kier molecular flexibility index (Phi) is 16.9. The molecule has 0 saturated heterocycles. The molecule has 1 heterocycles. The first-order valence-electron chi connectivity index (χ1n) is 13.5. The molecule has 0 saturated carbocycles. The number of carbonyl (C=O) groups is 3. The molecule has 0 amide bonds. The second-order valence-electron chi connectivity index (χ2n) is 9.98. The summed E-state index contributed by atoms with van der Waals surface area (Å²) in [5.74, 6) is -0.937. The van der Waals surface area contributed by atoms with Crippen molar-refractivity contribution < 1.29 is 33.3 Å². The molecule has 1 rings (SSSR count). The highest BCUT2D eigenvalue weighted by Gasteiger charge is 2.25. The molecule has 0 aliphatic heterocycles. The van der Waals surface area contributed by atoms with Crippen LogP contribution in [0.3, 0.4) is 0 Å². The monoisotopic (exact) mass is 620 g/mol. The Morgan fingerprint density at radius 2 is 1.79 bits per heavy atom. The highest BCUT2D eigenvalue weighted by Crippen LogP contribution is 2.27. The van der Waals surface area contributed by atoms with Crippen LogP contribution in [0.1, 0.15) is 95.4 Å². The molecule has 0 bridgehead atoms. The maximum Gasteiger partial charge on any atom is 0.358 e. The molecule has 3 unspecified atom stereocenters. The number of aromatic nitrogens is 1. The van der Waals surface area contributed by atoms with Gasteiger partial charge in [0.25, 0.3) is 0 Å². The molecule has 0 spiro atoms. The van der Waals surface area contributed by atoms with Crippen LogP contribution in [0.2, 0.25) is 0 Å². The quantitative estimate of drug-likeness (QED) is 0.111. The van der Waals surface area contributed by atoms with E-state index in [1.807, 2.05) is 0 Å². The minimum absolute atomic E-state index is 0.0722. The summed E-state index contributed by atoms with van der Waals surface area (Å²) >= 11 is 4.83. The molecule has 9 nitrogen and oxygen atoms in total. The van der Waals surface area contributed by atoms with Gasteiger partial charge in [-0.15, -0.1) is 11.3 Å². The largest absolute Gasteiger partial charge is 0.461 e. The zero-order valence-electron chi connectivity index (χ0n) is 23.7. The van der Waals surface area contributed by atoms with Crippen LogP contribution >= 0.6 is 27.3 Å². The molecule has 3 atom stereocenters. The van der Waals surface area contributed by atoms with Crippen molar-refractivity contribution in [3.8, 4) is 0 Å². The Morgan fingerprint density at radius 3 is 2.37 bits per heavy atom. The van der Waals surface area contributed by atoms with E-state index in [-0.39, 0.29) is 31.1 Å². The number of thiazole rings is 1. The summed E-state index contributed by atoms with van der Waals surface area (Å²) in [5.41, 5.74) is -0.386. The minimum atomic E-state index is -0.594. The van der Waals surface area contributed by atoms with Crippen LogP contribution in [0.5, 0.6) is 0 Å². The number of esters is 2. The predicted octanol–water partition coefficient (Wildman–Crippen LogP) is 5.73. The van der Waals surface area contributed by atoms with Gasteiger partial charge in [0, 0.05) is 16.6 Å². The van der Waals surface area contributed by atoms with Gasteiger partial charge in [-0.3, -0.25) is 4.79 Å². The summed E-state index contributed by atoms with van der Waals surface area (Å²) in [6.07, 6.45) is 5.81. The Labute approximate surface area is 239 Å². The third-order valence-electron chi connectivity index (χ3n) is 5.31. The van der Waals surface area contributed by atoms with E-state index in [0.717, 1.165) is 38.4 Å². The fraction of sp³-hybridized carbons (Fsp3) is 0.778. The van der Waals surface area contributed by atoms with Gasteiger partial charge in [-0.05, 0) is 40.5 Å². The average molecular weight is 622 g/mol. The number of ether oxygens (including phenoxy) is 4. The first-order chi connectivity index (χ1) is 18.1. The molecular formula is C27H45BrN2O7S. The number of aldehydes is 1. The van der Waals surface area contributed by atoms with Crippen LogP contribution in [0.4, 0.5) is 5.13 Å². The first-order valence-corrected chi connectivity index (χ1v) is 15.4. The zero-order valence-corrected chi connectivity index (χ0v) is 26.1. The third kappa shape index (κ3) is 14.0. The van der Waals surface area contributed by atoms with Crippen molar-refractivity contribution in [1.82, 2.24) is 4.98 Å². The van der Waals surface area contributed by atoms with Crippen molar-refractivity contribution in [1.29, 1.82) is 0 Å². The first kappa shape index (κ1) is 34.5. The summed E-state index contributed by atoms with van der Waals surface area (Å²) in [7, 11) is 0. The van der Waals surface area contributed by atoms with E-state index < -0.39 is 23.6 Å². The Bertz CT molecular complexity index is 844. The SMILES string of the molecule is CCCCC(C=O)OCC(CCCC)OC(CBr)Cc1sc(NCC(=O)OC(C)(C)C)nc1C(=O)OCC. The average Bonchev–Trinajstić information content (AvgIpc) is 3.27. The van der Waals surface area contributed by atoms with E-state index in [1.54, 1.807) is 27.7 Å². The van der Waals surface area contributed by atoms with E-state index in [1.165, 1.54) is 11.3 Å². The standard InChI is InChI=1S/C27H45BrN2O7S/c1-7-10-12-19(17-31)35-18-20(13-11-8-2)36-21(15-28)14-22-24(25(33)34-9-3)30-26(38-22)29-16-23(32)37-27(4,5)6/h17,19-21H,7-16,18H2,1-6H3,(H,29,30). The number of unbranched alkanes of at least 4 members (excludes halogenated alkanes) is 2. The lowest BCUT2D eigenvalue weighted by Gasteiger charge is -2.25. The number of alkyl halides is 1. The fourth-order valence-electron chi connectivity index (χ4n) is 3.52. The van der Waals surface area contributed by atoms with Crippen molar-refractivity contribution in [3.05, 3.63) is 10.6 Å². The van der Waals surface area contributed by atoms with E-state index in [9.17, 15) is 14.4 Å². The smallest absolute Gasteiger partial charge is 0.358 e. The lowest BCUT2D eigenvalue weighted by Crippen LogP contribution is -2.31. The van der Waals surface area contributed by atoms with Crippen LogP contribution < -0.4 is 5.32 Å². The number of nitrogens with one attached hydrogen (secondary N) is 1. The Morgan fingerprint density at radius 1 is 1.11 bits per heavy atom. The molecule has 218 valence electrons. The van der Waals surface area contributed by atoms with Gasteiger partial charge in [0.05, 0.1) is 25.4 Å². The summed E-state index contributed by atoms with van der Waals surface area (Å²) in [6, 6.07) is 0. The molecule has 1 N–H and O–H groups in total. The molecule has 0 aromatic carbocycles. The number of carbonyl (C=O) groups excluding carboxylic acids is 3. The molecule has 0 aliphatic rings. The summed E-state index contributed by atoms with van der Waals surface area (Å²) < 4.78 is 22.8. The zero-order chi connectivity index (χ0) is 28.6. The van der Waals surface area contributed by atoms with Gasteiger partial charge in [0.1, 0.15) is 24.5 Å².